The zero-order valence-electron chi connectivity index (χ0n) is 26.8. The van der Waals surface area contributed by atoms with Gasteiger partial charge in [-0.25, -0.2) is 4.79 Å². The van der Waals surface area contributed by atoms with Crippen LogP contribution in [0.25, 0.3) is 0 Å². The molecule has 0 bridgehead atoms. The first-order valence-electron chi connectivity index (χ1n) is 14.7. The summed E-state index contributed by atoms with van der Waals surface area (Å²) in [5.74, 6) is 1.57. The van der Waals surface area contributed by atoms with Gasteiger partial charge in [0.15, 0.2) is 8.32 Å². The van der Waals surface area contributed by atoms with Crippen molar-refractivity contribution in [1.29, 1.82) is 0 Å². The molecule has 6 nitrogen and oxygen atoms in total. The smallest absolute Gasteiger partial charge is 0.341 e. The highest BCUT2D eigenvalue weighted by atomic mass is 28.4. The van der Waals surface area contributed by atoms with E-state index in [0.717, 1.165) is 41.9 Å². The van der Waals surface area contributed by atoms with Gasteiger partial charge in [-0.2, -0.15) is 0 Å². The number of methoxy groups -OCH3 is 3. The predicted octanol–water partition coefficient (Wildman–Crippen LogP) is 8.58. The van der Waals surface area contributed by atoms with Crippen molar-refractivity contribution in [3.8, 4) is 17.2 Å². The number of benzene rings is 3. The lowest BCUT2D eigenvalue weighted by Crippen LogP contribution is -2.43. The van der Waals surface area contributed by atoms with Crippen molar-refractivity contribution >= 4 is 14.3 Å². The summed E-state index contributed by atoms with van der Waals surface area (Å²) in [4.78, 5) is 12.5. The second kappa shape index (κ2) is 14.7. The summed E-state index contributed by atoms with van der Waals surface area (Å²) in [6.07, 6.45) is 2.47. The first-order chi connectivity index (χ1) is 19.9. The molecule has 7 heteroatoms. The molecule has 0 unspecified atom stereocenters. The minimum Gasteiger partial charge on any atom is -0.496 e. The fourth-order valence-electron chi connectivity index (χ4n) is 4.80. The minimum absolute atomic E-state index is 0.00293. The van der Waals surface area contributed by atoms with Crippen molar-refractivity contribution < 1.29 is 28.2 Å². The average Bonchev–Trinajstić information content (AvgIpc) is 2.97. The lowest BCUT2D eigenvalue weighted by Gasteiger charge is -2.42. The van der Waals surface area contributed by atoms with Crippen LogP contribution in [0.5, 0.6) is 17.2 Å². The van der Waals surface area contributed by atoms with Crippen LogP contribution in [0, 0.1) is 12.8 Å². The lowest BCUT2D eigenvalue weighted by atomic mass is 9.90. The molecular formula is C35H48O6Si. The van der Waals surface area contributed by atoms with E-state index in [-0.39, 0.29) is 17.1 Å². The molecule has 0 amide bonds. The standard InChI is InChI=1S/C35H48O6Si/c1-25-31(37-5)22-28(23-32(25)38-6)33(41-42(8,9)35(2,3)4)27(19-15-18-26-16-11-10-12-17-26)24-40-30-21-14-13-20-29(30)34(36)39-7/h10-14,16-17,20-23,27,33H,15,18-19,24H2,1-9H3/t27-,33-/m0/s1. The van der Waals surface area contributed by atoms with Crippen LogP contribution in [0.2, 0.25) is 18.1 Å². The SMILES string of the molecule is COC(=O)c1ccccc1OC[C@H](CCCc1ccccc1)[C@H](O[Si](C)(C)C(C)(C)C)c1cc(OC)c(C)c(OC)c1. The van der Waals surface area contributed by atoms with E-state index in [1.807, 2.05) is 31.2 Å². The summed E-state index contributed by atoms with van der Waals surface area (Å²) >= 11 is 0. The van der Waals surface area contributed by atoms with Crippen LogP contribution in [-0.2, 0) is 15.6 Å². The number of ether oxygens (including phenoxy) is 4. The summed E-state index contributed by atoms with van der Waals surface area (Å²) in [6, 6.07) is 21.9. The molecule has 0 aromatic heterocycles. The molecule has 3 aromatic carbocycles. The summed E-state index contributed by atoms with van der Waals surface area (Å²) in [5.41, 5.74) is 3.64. The fraction of sp³-hybridized carbons (Fsp3) is 0.457. The van der Waals surface area contributed by atoms with Gasteiger partial charge < -0.3 is 23.4 Å². The van der Waals surface area contributed by atoms with E-state index in [0.29, 0.717) is 17.9 Å². The van der Waals surface area contributed by atoms with Gasteiger partial charge in [-0.05, 0) is 79.7 Å². The van der Waals surface area contributed by atoms with Crippen molar-refractivity contribution in [2.45, 2.75) is 71.2 Å². The largest absolute Gasteiger partial charge is 0.496 e. The molecule has 0 aliphatic heterocycles. The summed E-state index contributed by atoms with van der Waals surface area (Å²) in [5, 5.41) is -0.00293. The van der Waals surface area contributed by atoms with Crippen LogP contribution in [0.15, 0.2) is 66.7 Å². The Bertz CT molecular complexity index is 1270. The van der Waals surface area contributed by atoms with Crippen molar-refractivity contribution in [2.75, 3.05) is 27.9 Å². The van der Waals surface area contributed by atoms with Crippen molar-refractivity contribution in [3.05, 3.63) is 89.0 Å². The van der Waals surface area contributed by atoms with Crippen molar-refractivity contribution in [2.24, 2.45) is 5.92 Å². The first kappa shape index (κ1) is 33.2. The molecule has 0 aliphatic rings. The van der Waals surface area contributed by atoms with Crippen molar-refractivity contribution in [3.63, 3.8) is 0 Å². The summed E-state index contributed by atoms with van der Waals surface area (Å²) < 4.78 is 30.2. The Morgan fingerprint density at radius 1 is 0.857 bits per heavy atom. The second-order valence-electron chi connectivity index (χ2n) is 12.3. The van der Waals surface area contributed by atoms with Gasteiger partial charge in [0, 0.05) is 11.5 Å². The highest BCUT2D eigenvalue weighted by Gasteiger charge is 2.41. The molecule has 0 N–H and O–H groups in total. The number of carbonyl (C=O) groups excluding carboxylic acids is 1. The summed E-state index contributed by atoms with van der Waals surface area (Å²) in [6.45, 7) is 13.7. The van der Waals surface area contributed by atoms with Crippen LogP contribution in [-0.4, -0.2) is 42.2 Å². The molecule has 2 atom stereocenters. The third-order valence-corrected chi connectivity index (χ3v) is 12.8. The number of hydrogen-bond acceptors (Lipinski definition) is 6. The molecule has 3 rings (SSSR count). The number of hydrogen-bond donors (Lipinski definition) is 0. The Kier molecular flexibility index (Phi) is 11.7. The van der Waals surface area contributed by atoms with Crippen LogP contribution in [0.3, 0.4) is 0 Å². The highest BCUT2D eigenvalue weighted by Crippen LogP contribution is 2.44. The maximum atomic E-state index is 12.5. The zero-order valence-corrected chi connectivity index (χ0v) is 27.8. The Morgan fingerprint density at radius 3 is 2.02 bits per heavy atom. The molecule has 0 saturated carbocycles. The molecular weight excluding hydrogens is 544 g/mol. The topological polar surface area (TPSA) is 63.2 Å². The third-order valence-electron chi connectivity index (χ3n) is 8.39. The molecule has 0 aliphatic carbocycles. The normalized spacial score (nSPS) is 13.3. The molecule has 0 saturated heterocycles. The monoisotopic (exact) mass is 592 g/mol. The Hall–Kier alpha value is -3.29. The van der Waals surface area contributed by atoms with E-state index >= 15 is 0 Å². The van der Waals surface area contributed by atoms with Crippen molar-refractivity contribution in [1.82, 2.24) is 0 Å². The second-order valence-corrected chi connectivity index (χ2v) is 17.0. The van der Waals surface area contributed by atoms with E-state index in [9.17, 15) is 4.79 Å². The Morgan fingerprint density at radius 2 is 1.45 bits per heavy atom. The van der Waals surface area contributed by atoms with Crippen LogP contribution in [0.4, 0.5) is 0 Å². The Balaban J connectivity index is 2.06. The van der Waals surface area contributed by atoms with E-state index in [2.05, 4.69) is 70.3 Å². The van der Waals surface area contributed by atoms with Gasteiger partial charge in [-0.3, -0.25) is 0 Å². The number of esters is 1. The molecule has 42 heavy (non-hydrogen) atoms. The van der Waals surface area contributed by atoms with Gasteiger partial charge in [0.1, 0.15) is 22.8 Å². The van der Waals surface area contributed by atoms with E-state index in [4.69, 9.17) is 23.4 Å². The van der Waals surface area contributed by atoms with E-state index < -0.39 is 14.3 Å². The van der Waals surface area contributed by atoms with Gasteiger partial charge >= 0.3 is 5.97 Å². The molecule has 0 heterocycles. The zero-order chi connectivity index (χ0) is 30.9. The van der Waals surface area contributed by atoms with Gasteiger partial charge in [0.25, 0.3) is 0 Å². The van der Waals surface area contributed by atoms with E-state index in [1.54, 1.807) is 20.3 Å². The van der Waals surface area contributed by atoms with Gasteiger partial charge in [-0.1, -0.05) is 63.2 Å². The molecule has 0 fully saturated rings. The lowest BCUT2D eigenvalue weighted by molar-refractivity contribution is 0.0584. The maximum absolute atomic E-state index is 12.5. The molecule has 228 valence electrons. The molecule has 3 aromatic rings. The third kappa shape index (κ3) is 8.39. The maximum Gasteiger partial charge on any atom is 0.341 e. The predicted molar refractivity (Wildman–Crippen MR) is 171 cm³/mol. The molecule has 0 radical (unpaired) electrons. The average molecular weight is 593 g/mol. The van der Waals surface area contributed by atoms with Gasteiger partial charge in [0.2, 0.25) is 0 Å². The number of rotatable bonds is 14. The first-order valence-corrected chi connectivity index (χ1v) is 17.6. The summed E-state index contributed by atoms with van der Waals surface area (Å²) in [7, 11) is 2.50. The van der Waals surface area contributed by atoms with E-state index in [1.165, 1.54) is 12.7 Å². The van der Waals surface area contributed by atoms with Gasteiger partial charge in [-0.15, -0.1) is 0 Å². The minimum atomic E-state index is -2.24. The van der Waals surface area contributed by atoms with Crippen LogP contribution >= 0.6 is 0 Å². The van der Waals surface area contributed by atoms with Gasteiger partial charge in [0.05, 0.1) is 34.0 Å². The fourth-order valence-corrected chi connectivity index (χ4v) is 6.12. The Labute approximate surface area is 253 Å². The quantitative estimate of drug-likeness (QED) is 0.138. The highest BCUT2D eigenvalue weighted by molar-refractivity contribution is 6.74. The number of carbonyl (C=O) groups is 1. The molecule has 0 spiro atoms. The number of para-hydroxylation sites is 1. The van der Waals surface area contributed by atoms with Crippen LogP contribution in [0.1, 0.15) is 66.8 Å². The number of aryl methyl sites for hydroxylation is 1. The van der Waals surface area contributed by atoms with Crippen LogP contribution < -0.4 is 14.2 Å².